The lowest BCUT2D eigenvalue weighted by molar-refractivity contribution is 0.0791. The van der Waals surface area contributed by atoms with Gasteiger partial charge in [-0.25, -0.2) is 0 Å². The molecule has 0 radical (unpaired) electrons. The number of carbonyl (C=O) groups excluding carboxylic acids is 1. The largest absolute Gasteiger partial charge is 0.339 e. The topological polar surface area (TPSA) is 73.9 Å². The molecule has 1 amide bonds. The Morgan fingerprint density at radius 2 is 2.54 bits per heavy atom. The lowest BCUT2D eigenvalue weighted by atomic mass is 10.4. The molecular weight excluding hydrogens is 170 g/mol. The highest BCUT2D eigenvalue weighted by molar-refractivity contribution is 5.91. The minimum Gasteiger partial charge on any atom is -0.339 e. The number of aromatic amines is 1. The van der Waals surface area contributed by atoms with Gasteiger partial charge >= 0.3 is 0 Å². The van der Waals surface area contributed by atoms with E-state index in [-0.39, 0.29) is 5.91 Å². The number of carbonyl (C=O) groups is 1. The summed E-state index contributed by atoms with van der Waals surface area (Å²) in [5.74, 6) is -0.121. The van der Waals surface area contributed by atoms with Crippen LogP contribution in [0.2, 0.25) is 0 Å². The third kappa shape index (κ3) is 2.51. The van der Waals surface area contributed by atoms with Gasteiger partial charge in [-0.3, -0.25) is 4.79 Å². The Labute approximate surface area is 76.3 Å². The molecule has 72 valence electrons. The first-order valence-electron chi connectivity index (χ1n) is 4.01. The van der Waals surface area contributed by atoms with Crippen LogP contribution in [-0.2, 0) is 0 Å². The second kappa shape index (κ2) is 4.56. The van der Waals surface area contributed by atoms with Crippen LogP contribution in [-0.4, -0.2) is 53.4 Å². The molecule has 6 heteroatoms. The molecule has 2 N–H and O–H groups in total. The molecule has 0 fully saturated rings. The van der Waals surface area contributed by atoms with Crippen LogP contribution in [0.15, 0.2) is 6.20 Å². The number of amides is 1. The molecular formula is C7H13N5O. The quantitative estimate of drug-likeness (QED) is 0.634. The van der Waals surface area contributed by atoms with Gasteiger partial charge in [0.2, 0.25) is 0 Å². The van der Waals surface area contributed by atoms with Gasteiger partial charge < -0.3 is 10.2 Å². The van der Waals surface area contributed by atoms with Crippen LogP contribution < -0.4 is 5.32 Å². The molecule has 1 aromatic rings. The van der Waals surface area contributed by atoms with E-state index in [1.807, 2.05) is 7.05 Å². The summed E-state index contributed by atoms with van der Waals surface area (Å²) < 4.78 is 0. The molecule has 0 aliphatic carbocycles. The van der Waals surface area contributed by atoms with Crippen molar-refractivity contribution >= 4 is 5.91 Å². The van der Waals surface area contributed by atoms with Gasteiger partial charge in [0.25, 0.3) is 5.91 Å². The van der Waals surface area contributed by atoms with Crippen molar-refractivity contribution in [2.24, 2.45) is 0 Å². The number of nitrogens with one attached hydrogen (secondary N) is 2. The molecule has 1 aromatic heterocycles. The van der Waals surface area contributed by atoms with Crippen LogP contribution in [0.1, 0.15) is 10.5 Å². The Morgan fingerprint density at radius 3 is 3.08 bits per heavy atom. The number of rotatable bonds is 4. The van der Waals surface area contributed by atoms with Crippen molar-refractivity contribution < 1.29 is 4.79 Å². The minimum atomic E-state index is -0.121. The number of likely N-dealkylation sites (N-methyl/N-ethyl adjacent to an activating group) is 2. The maximum absolute atomic E-state index is 11.5. The van der Waals surface area contributed by atoms with Crippen LogP contribution in [0, 0.1) is 0 Å². The maximum atomic E-state index is 11.5. The number of hydrogen-bond donors (Lipinski definition) is 2. The number of hydrogen-bond acceptors (Lipinski definition) is 4. The molecule has 0 saturated carbocycles. The first-order valence-corrected chi connectivity index (χ1v) is 4.01. The second-order valence-corrected chi connectivity index (χ2v) is 2.69. The molecule has 0 saturated heterocycles. The minimum absolute atomic E-state index is 0.121. The van der Waals surface area contributed by atoms with E-state index in [4.69, 9.17) is 0 Å². The van der Waals surface area contributed by atoms with Crippen molar-refractivity contribution in [1.29, 1.82) is 0 Å². The first-order chi connectivity index (χ1) is 6.25. The molecule has 0 atom stereocenters. The van der Waals surface area contributed by atoms with Crippen LogP contribution in [0.5, 0.6) is 0 Å². The summed E-state index contributed by atoms with van der Waals surface area (Å²) in [6, 6.07) is 0. The molecule has 1 heterocycles. The molecule has 6 nitrogen and oxygen atoms in total. The molecule has 0 bridgehead atoms. The molecule has 0 aliphatic heterocycles. The summed E-state index contributed by atoms with van der Waals surface area (Å²) in [5, 5.41) is 12.6. The average Bonchev–Trinajstić information content (AvgIpc) is 2.65. The van der Waals surface area contributed by atoms with Gasteiger partial charge in [0.15, 0.2) is 5.69 Å². The summed E-state index contributed by atoms with van der Waals surface area (Å²) in [4.78, 5) is 13.1. The zero-order valence-electron chi connectivity index (χ0n) is 7.74. The predicted molar refractivity (Wildman–Crippen MR) is 47.3 cm³/mol. The Kier molecular flexibility index (Phi) is 3.39. The molecule has 0 aliphatic rings. The van der Waals surface area contributed by atoms with E-state index in [0.717, 1.165) is 6.54 Å². The summed E-state index contributed by atoms with van der Waals surface area (Å²) in [6.45, 7) is 1.42. The van der Waals surface area contributed by atoms with E-state index in [0.29, 0.717) is 12.2 Å². The normalized spacial score (nSPS) is 10.0. The number of nitrogens with zero attached hydrogens (tertiary/aromatic N) is 3. The van der Waals surface area contributed by atoms with Crippen molar-refractivity contribution in [3.05, 3.63) is 11.9 Å². The SMILES string of the molecule is CNCCN(C)C(=O)c1cn[nH]n1. The van der Waals surface area contributed by atoms with Gasteiger partial charge in [-0.15, -0.1) is 0 Å². The van der Waals surface area contributed by atoms with E-state index in [1.165, 1.54) is 6.20 Å². The Hall–Kier alpha value is -1.43. The monoisotopic (exact) mass is 183 g/mol. The van der Waals surface area contributed by atoms with E-state index in [9.17, 15) is 4.79 Å². The zero-order valence-corrected chi connectivity index (χ0v) is 7.74. The van der Waals surface area contributed by atoms with Gasteiger partial charge in [0.05, 0.1) is 6.20 Å². The van der Waals surface area contributed by atoms with Gasteiger partial charge in [-0.1, -0.05) is 0 Å². The molecule has 1 rings (SSSR count). The Balaban J connectivity index is 2.48. The Bertz CT molecular complexity index is 258. The van der Waals surface area contributed by atoms with E-state index in [1.54, 1.807) is 11.9 Å². The smallest absolute Gasteiger partial charge is 0.275 e. The summed E-state index contributed by atoms with van der Waals surface area (Å²) in [5.41, 5.74) is 0.346. The van der Waals surface area contributed by atoms with E-state index < -0.39 is 0 Å². The third-order valence-electron chi connectivity index (χ3n) is 1.68. The van der Waals surface area contributed by atoms with Crippen molar-refractivity contribution in [1.82, 2.24) is 25.6 Å². The highest BCUT2D eigenvalue weighted by Gasteiger charge is 2.12. The van der Waals surface area contributed by atoms with Crippen molar-refractivity contribution in [3.8, 4) is 0 Å². The fraction of sp³-hybridized carbons (Fsp3) is 0.571. The zero-order chi connectivity index (χ0) is 9.68. The van der Waals surface area contributed by atoms with Crippen LogP contribution in [0.25, 0.3) is 0 Å². The summed E-state index contributed by atoms with van der Waals surface area (Å²) in [6.07, 6.45) is 1.41. The lowest BCUT2D eigenvalue weighted by Crippen LogP contribution is -2.32. The van der Waals surface area contributed by atoms with E-state index >= 15 is 0 Å². The Morgan fingerprint density at radius 1 is 1.77 bits per heavy atom. The highest BCUT2D eigenvalue weighted by atomic mass is 16.2. The molecule has 0 aromatic carbocycles. The maximum Gasteiger partial charge on any atom is 0.275 e. The van der Waals surface area contributed by atoms with Crippen molar-refractivity contribution in [3.63, 3.8) is 0 Å². The average molecular weight is 183 g/mol. The van der Waals surface area contributed by atoms with Crippen LogP contribution >= 0.6 is 0 Å². The molecule has 0 spiro atoms. The fourth-order valence-corrected chi connectivity index (χ4v) is 0.881. The van der Waals surface area contributed by atoms with Gasteiger partial charge in [0.1, 0.15) is 0 Å². The van der Waals surface area contributed by atoms with Gasteiger partial charge in [0, 0.05) is 20.1 Å². The predicted octanol–water partition coefficient (Wildman–Crippen LogP) is -0.904. The molecule has 0 unspecified atom stereocenters. The lowest BCUT2D eigenvalue weighted by Gasteiger charge is -2.14. The summed E-state index contributed by atoms with van der Waals surface area (Å²) in [7, 11) is 3.57. The van der Waals surface area contributed by atoms with Gasteiger partial charge in [-0.05, 0) is 7.05 Å². The highest BCUT2D eigenvalue weighted by Crippen LogP contribution is 1.95. The van der Waals surface area contributed by atoms with Crippen molar-refractivity contribution in [2.45, 2.75) is 0 Å². The van der Waals surface area contributed by atoms with Crippen LogP contribution in [0.3, 0.4) is 0 Å². The second-order valence-electron chi connectivity index (χ2n) is 2.69. The fourth-order valence-electron chi connectivity index (χ4n) is 0.881. The number of aromatic nitrogens is 3. The van der Waals surface area contributed by atoms with Crippen LogP contribution in [0.4, 0.5) is 0 Å². The molecule has 13 heavy (non-hydrogen) atoms. The summed E-state index contributed by atoms with van der Waals surface area (Å²) >= 11 is 0. The van der Waals surface area contributed by atoms with Crippen molar-refractivity contribution in [2.75, 3.05) is 27.2 Å². The van der Waals surface area contributed by atoms with E-state index in [2.05, 4.69) is 20.7 Å². The number of H-pyrrole nitrogens is 1. The standard InChI is InChI=1S/C7H13N5O/c1-8-3-4-12(2)7(13)6-5-9-11-10-6/h5,8H,3-4H2,1-2H3,(H,9,10,11). The third-order valence-corrected chi connectivity index (χ3v) is 1.68. The first kappa shape index (κ1) is 9.66. The van der Waals surface area contributed by atoms with Gasteiger partial charge in [-0.2, -0.15) is 15.4 Å².